The van der Waals surface area contributed by atoms with E-state index in [2.05, 4.69) is 32.2 Å². The minimum absolute atomic E-state index is 0.393. The van der Waals surface area contributed by atoms with E-state index in [1.807, 2.05) is 153 Å². The normalized spacial score (nSPS) is 12.8. The van der Waals surface area contributed by atoms with E-state index in [0.29, 0.717) is 28.8 Å². The largest absolute Gasteiger partial charge is 0.530 e. The number of allylic oxidation sites excluding steroid dienone is 8. The number of hydrogen-bond acceptors (Lipinski definition) is 7. The Hall–Kier alpha value is -5.55. The van der Waals surface area contributed by atoms with Crippen molar-refractivity contribution in [3.05, 3.63) is 200 Å². The van der Waals surface area contributed by atoms with Crippen LogP contribution >= 0.6 is 29.0 Å². The summed E-state index contributed by atoms with van der Waals surface area (Å²) in [7, 11) is -4.42. The number of para-hydroxylation sites is 2. The van der Waals surface area contributed by atoms with Gasteiger partial charge in [-0.2, -0.15) is 0 Å². The zero-order valence-electron chi connectivity index (χ0n) is 31.2. The highest BCUT2D eigenvalue weighted by Gasteiger charge is 2.26. The molecule has 0 fully saturated rings. The lowest BCUT2D eigenvalue weighted by molar-refractivity contribution is 0.337. The maximum atomic E-state index is 11.3. The van der Waals surface area contributed by atoms with Crippen LogP contribution in [0.5, 0.6) is 23.0 Å². The molecule has 282 valence electrons. The first kappa shape index (κ1) is 40.1. The molecule has 0 heterocycles. The third kappa shape index (κ3) is 10.6. The summed E-state index contributed by atoms with van der Waals surface area (Å²) in [4.78, 5) is 12.9. The Morgan fingerprint density at radius 3 is 1.91 bits per heavy atom. The lowest BCUT2D eigenvalue weighted by Crippen LogP contribution is -2.02. The van der Waals surface area contributed by atoms with Crippen molar-refractivity contribution in [2.24, 2.45) is 0 Å². The number of aryl methyl sites for hydroxylation is 1. The molecular formula is C47H42O6P2S. The number of hydrogen-bond donors (Lipinski definition) is 1. The first-order valence-corrected chi connectivity index (χ1v) is 21.0. The minimum atomic E-state index is -2.39. The second-order valence-electron chi connectivity index (χ2n) is 12.1. The van der Waals surface area contributed by atoms with Gasteiger partial charge in [0.05, 0.1) is 9.79 Å². The van der Waals surface area contributed by atoms with Crippen LogP contribution in [0.15, 0.2) is 199 Å². The fourth-order valence-electron chi connectivity index (χ4n) is 5.59. The second-order valence-corrected chi connectivity index (χ2v) is 14.9. The monoisotopic (exact) mass is 796 g/mol. The Morgan fingerprint density at radius 1 is 0.643 bits per heavy atom. The van der Waals surface area contributed by atoms with Crippen molar-refractivity contribution < 1.29 is 27.5 Å². The fraction of sp³-hybridized carbons (Fsp3) is 0.0638. The third-order valence-electron chi connectivity index (χ3n) is 8.27. The van der Waals surface area contributed by atoms with Crippen molar-refractivity contribution in [2.45, 2.75) is 30.1 Å². The molecule has 0 aliphatic heterocycles. The molecule has 0 aromatic heterocycles. The highest BCUT2D eigenvalue weighted by atomic mass is 32.2. The van der Waals surface area contributed by atoms with E-state index in [1.165, 1.54) is 11.8 Å². The van der Waals surface area contributed by atoms with Crippen molar-refractivity contribution in [3.8, 4) is 23.0 Å². The van der Waals surface area contributed by atoms with Gasteiger partial charge in [-0.05, 0) is 70.8 Å². The molecule has 2 atom stereocenters. The molecule has 9 heteroatoms. The molecule has 6 nitrogen and oxygen atoms in total. The van der Waals surface area contributed by atoms with Crippen LogP contribution in [0.25, 0.3) is 27.6 Å². The van der Waals surface area contributed by atoms with Crippen molar-refractivity contribution in [3.63, 3.8) is 0 Å². The average molecular weight is 797 g/mol. The van der Waals surface area contributed by atoms with E-state index in [4.69, 9.17) is 22.6 Å². The summed E-state index contributed by atoms with van der Waals surface area (Å²) in [5, 5.41) is 3.92. The van der Waals surface area contributed by atoms with Gasteiger partial charge in [0.25, 0.3) is 0 Å². The molecule has 56 heavy (non-hydrogen) atoms. The molecule has 6 aromatic carbocycles. The zero-order chi connectivity index (χ0) is 39.1. The molecule has 0 aliphatic carbocycles. The molecule has 2 unspecified atom stereocenters. The summed E-state index contributed by atoms with van der Waals surface area (Å²) in [6, 6.07) is 39.3. The average Bonchev–Trinajstić information content (AvgIpc) is 3.21. The summed E-state index contributed by atoms with van der Waals surface area (Å²) in [5.41, 5.74) is 1.82. The molecular weight excluding hydrogens is 755 g/mol. The van der Waals surface area contributed by atoms with Crippen LogP contribution in [-0.4, -0.2) is 4.89 Å². The quantitative estimate of drug-likeness (QED) is 0.0528. The number of benzene rings is 6. The van der Waals surface area contributed by atoms with Crippen LogP contribution in [0, 0.1) is 0 Å². The van der Waals surface area contributed by atoms with Gasteiger partial charge in [-0.3, -0.25) is 0 Å². The number of fused-ring (bicyclic) bond motifs is 2. The summed E-state index contributed by atoms with van der Waals surface area (Å²) in [5.74, 6) is 2.56. The van der Waals surface area contributed by atoms with E-state index < -0.39 is 17.2 Å². The Labute approximate surface area is 335 Å². The Bertz CT molecular complexity index is 2420. The summed E-state index contributed by atoms with van der Waals surface area (Å²) < 4.78 is 31.8. The SMILES string of the molecule is C=C/C=C\C=C\c1ccccc1OP(O)Oc1ccc2ccccc2c1Sc1c(OP(OC(=C)/C=C\C=C/C)Oc2ccccc2CC)ccc2ccccc12. The fourth-order valence-corrected chi connectivity index (χ4v) is 8.64. The van der Waals surface area contributed by atoms with E-state index in [1.54, 1.807) is 18.2 Å². The third-order valence-corrected chi connectivity index (χ3v) is 11.3. The topological polar surface area (TPSA) is 66.4 Å². The van der Waals surface area contributed by atoms with Crippen molar-refractivity contribution in [1.29, 1.82) is 0 Å². The standard InChI is InChI=1S/C47H42O6P2S/c1-5-8-10-12-25-39-26-16-20-30-43(39)50-54(48)51-44-33-31-37-23-13-17-27-40(37)46(44)56-47-41-28-18-14-24-38(41)32-34-45(47)53-55(49-35(4)21-11-9-6-2)52-42-29-19-15-22-36(42)7-3/h5-6,8-34,48H,1,4,7H2,2-3H3/b9-6-,10-8-,21-11-,25-12+. The van der Waals surface area contributed by atoms with Crippen LogP contribution < -0.4 is 18.1 Å². The van der Waals surface area contributed by atoms with Crippen LogP contribution in [-0.2, 0) is 10.9 Å². The van der Waals surface area contributed by atoms with Gasteiger partial charge in [0.2, 0.25) is 0 Å². The van der Waals surface area contributed by atoms with Gasteiger partial charge in [-0.15, -0.1) is 0 Å². The van der Waals surface area contributed by atoms with E-state index >= 15 is 0 Å². The Kier molecular flexibility index (Phi) is 14.6. The molecule has 1 N–H and O–H groups in total. The predicted octanol–water partition coefficient (Wildman–Crippen LogP) is 14.5. The Morgan fingerprint density at radius 2 is 1.23 bits per heavy atom. The van der Waals surface area contributed by atoms with Gasteiger partial charge in [-0.25, -0.2) is 0 Å². The second kappa shape index (κ2) is 20.4. The minimum Gasteiger partial charge on any atom is -0.417 e. The molecule has 0 saturated carbocycles. The van der Waals surface area contributed by atoms with Crippen LogP contribution in [0.2, 0.25) is 0 Å². The lowest BCUT2D eigenvalue weighted by atomic mass is 10.1. The summed E-state index contributed by atoms with van der Waals surface area (Å²) >= 11 is 1.48. The predicted molar refractivity (Wildman–Crippen MR) is 235 cm³/mol. The highest BCUT2D eigenvalue weighted by Crippen LogP contribution is 2.53. The molecule has 0 saturated heterocycles. The van der Waals surface area contributed by atoms with Gasteiger partial charge in [-0.1, -0.05) is 178 Å². The van der Waals surface area contributed by atoms with E-state index in [-0.39, 0.29) is 0 Å². The van der Waals surface area contributed by atoms with Gasteiger partial charge < -0.3 is 27.5 Å². The molecule has 0 amide bonds. The van der Waals surface area contributed by atoms with Crippen molar-refractivity contribution in [1.82, 2.24) is 0 Å². The summed E-state index contributed by atoms with van der Waals surface area (Å²) in [6.45, 7) is 11.8. The van der Waals surface area contributed by atoms with E-state index in [9.17, 15) is 4.89 Å². The van der Waals surface area contributed by atoms with Crippen LogP contribution in [0.4, 0.5) is 0 Å². The van der Waals surface area contributed by atoms with Crippen LogP contribution in [0.1, 0.15) is 25.0 Å². The summed E-state index contributed by atoms with van der Waals surface area (Å²) in [6.07, 6.45) is 17.4. The molecule has 0 bridgehead atoms. The zero-order valence-corrected chi connectivity index (χ0v) is 33.8. The van der Waals surface area contributed by atoms with Gasteiger partial charge >= 0.3 is 17.2 Å². The van der Waals surface area contributed by atoms with Crippen molar-refractivity contribution >= 4 is 56.6 Å². The lowest BCUT2D eigenvalue weighted by Gasteiger charge is -2.22. The maximum Gasteiger partial charge on any atom is 0.530 e. The van der Waals surface area contributed by atoms with Gasteiger partial charge in [0.1, 0.15) is 28.8 Å². The van der Waals surface area contributed by atoms with Crippen LogP contribution in [0.3, 0.4) is 0 Å². The first-order valence-electron chi connectivity index (χ1n) is 18.0. The highest BCUT2D eigenvalue weighted by molar-refractivity contribution is 8.00. The smallest absolute Gasteiger partial charge is 0.417 e. The van der Waals surface area contributed by atoms with E-state index in [0.717, 1.165) is 48.9 Å². The number of rotatable bonds is 18. The first-order chi connectivity index (χ1) is 27.5. The maximum absolute atomic E-state index is 11.3. The van der Waals surface area contributed by atoms with Gasteiger partial charge in [0, 0.05) is 5.56 Å². The molecule has 0 radical (unpaired) electrons. The molecule has 0 spiro atoms. The molecule has 6 rings (SSSR count). The Balaban J connectivity index is 1.38. The van der Waals surface area contributed by atoms with Crippen molar-refractivity contribution in [2.75, 3.05) is 0 Å². The van der Waals surface area contributed by atoms with Gasteiger partial charge in [0.15, 0.2) is 0 Å². The molecule has 6 aromatic rings. The molecule has 0 aliphatic rings.